The van der Waals surface area contributed by atoms with Crippen LogP contribution >= 0.6 is 0 Å². The Morgan fingerprint density at radius 1 is 0.464 bits per heavy atom. The number of carbonyl (C=O) groups excluding carboxylic acids is 10. The van der Waals surface area contributed by atoms with Crippen LogP contribution in [0, 0.1) is 119 Å². The molecule has 1 aromatic carbocycles. The van der Waals surface area contributed by atoms with E-state index >= 15 is 0 Å². The van der Waals surface area contributed by atoms with E-state index in [2.05, 4.69) is 154 Å². The summed E-state index contributed by atoms with van der Waals surface area (Å²) in [4.78, 5) is 135. The van der Waals surface area contributed by atoms with E-state index in [0.29, 0.717) is 82.0 Å². The lowest BCUT2D eigenvalue weighted by molar-refractivity contribution is -0.315. The number of rotatable bonds is 33. The van der Waals surface area contributed by atoms with Crippen molar-refractivity contribution in [2.24, 2.45) is 96.1 Å². The van der Waals surface area contributed by atoms with Crippen LogP contribution in [0.4, 0.5) is 26.3 Å². The summed E-state index contributed by atoms with van der Waals surface area (Å²) in [5.41, 5.74) is -3.23. The summed E-state index contributed by atoms with van der Waals surface area (Å²) in [6.07, 6.45) is -5.29. The summed E-state index contributed by atoms with van der Waals surface area (Å²) in [6, 6.07) is 15.1. The molecule has 6 bridgehead atoms. The molecule has 0 spiro atoms. The van der Waals surface area contributed by atoms with E-state index in [1.54, 1.807) is 27.7 Å². The first-order chi connectivity index (χ1) is 63.3. The summed E-state index contributed by atoms with van der Waals surface area (Å²) in [5, 5.41) is 27.8. The Morgan fingerprint density at radius 3 is 1.09 bits per heavy atom. The SMILES string of the molecule is CCC(C)(C)C(=O)O.CCC(C)(C)C(=O)OC(C(F)(F)F)C(F)(F)F.CCC(C)(C)C(=O)OC1C2CC3C1OC(=O)C3(C#N)C2.CCC(C)(C)C(=O)OC1C2CC3C1OC(=O)C3(C#N)C2.CCC(C)(C)C(=O)OCCC[Si](O[Si](C)(C)C)(O[Si](C)(C)C)O[Si](C)(C)C.CCC(C)(C)C(=O)OCC[Si](C)(C)C.CCC(C)(C)C(=O)ON1C(=O)C2C3CCC(C3)C2C1=O.CCC(C)c1ccc(C(C)(C)C)cc1. The average molecular weight is 2080 g/mol. The number of carboxylic acid groups (broad SMARTS) is 1. The first kappa shape index (κ1) is 127. The number of hydroxylamine groups is 2. The van der Waals surface area contributed by atoms with E-state index in [4.69, 9.17) is 50.7 Å². The zero-order chi connectivity index (χ0) is 109. The van der Waals surface area contributed by atoms with Crippen LogP contribution in [-0.4, -0.2) is 174 Å². The van der Waals surface area contributed by atoms with Crippen LogP contribution in [0.1, 0.15) is 300 Å². The summed E-state index contributed by atoms with van der Waals surface area (Å²) in [6.45, 7) is 76.3. The predicted molar refractivity (Wildman–Crippen MR) is 534 cm³/mol. The van der Waals surface area contributed by atoms with E-state index in [9.17, 15) is 89.6 Å². The molecule has 15 atom stereocenters. The van der Waals surface area contributed by atoms with Gasteiger partial charge in [0.1, 0.15) is 24.4 Å². The third kappa shape index (κ3) is 33.8. The topological polar surface area (TPSA) is 360 Å². The van der Waals surface area contributed by atoms with Crippen LogP contribution in [0.25, 0.3) is 0 Å². The number of hydrogen-bond donors (Lipinski definition) is 1. The van der Waals surface area contributed by atoms with Crippen molar-refractivity contribution in [3.63, 3.8) is 0 Å². The maximum atomic E-state index is 12.4. The van der Waals surface area contributed by atoms with Crippen molar-refractivity contribution in [3.8, 4) is 12.1 Å². The maximum Gasteiger partial charge on any atom is 0.469 e. The number of fused-ring (bicyclic) bond motifs is 7. The lowest BCUT2D eigenvalue weighted by Gasteiger charge is -2.42. The minimum absolute atomic E-state index is 0.0572. The molecule has 15 unspecified atom stereocenters. The minimum Gasteiger partial charge on any atom is -0.481 e. The molecule has 1 N–H and O–H groups in total. The van der Waals surface area contributed by atoms with E-state index < -0.39 is 146 Å². The first-order valence-corrected chi connectivity index (χ1v) is 66.1. The highest BCUT2D eigenvalue weighted by Crippen LogP contribution is 2.64. The lowest BCUT2D eigenvalue weighted by Crippen LogP contribution is -2.60. The van der Waals surface area contributed by atoms with Gasteiger partial charge in [0.25, 0.3) is 17.9 Å². The van der Waals surface area contributed by atoms with Crippen molar-refractivity contribution in [2.75, 3.05) is 13.2 Å². The second kappa shape index (κ2) is 48.6. The molecule has 9 aliphatic rings. The van der Waals surface area contributed by atoms with Crippen LogP contribution < -0.4 is 0 Å². The molecule has 10 rings (SSSR count). The third-order valence-corrected chi connectivity index (χ3v) is 43.0. The van der Waals surface area contributed by atoms with Gasteiger partial charge in [-0.1, -0.05) is 127 Å². The van der Waals surface area contributed by atoms with Crippen molar-refractivity contribution in [3.05, 3.63) is 35.4 Å². The molecule has 0 aromatic heterocycles. The van der Waals surface area contributed by atoms with Crippen molar-refractivity contribution in [1.82, 2.24) is 5.06 Å². The molecule has 6 saturated carbocycles. The number of ether oxygens (including phenoxy) is 7. The van der Waals surface area contributed by atoms with Crippen LogP contribution in [0.15, 0.2) is 24.3 Å². The number of benzene rings is 1. The zero-order valence-corrected chi connectivity index (χ0v) is 96.6. The molecular formula is C103H173F6N3O23Si5. The summed E-state index contributed by atoms with van der Waals surface area (Å²) >= 11 is 0. The van der Waals surface area contributed by atoms with E-state index in [1.807, 2.05) is 96.9 Å². The summed E-state index contributed by atoms with van der Waals surface area (Å²) in [7, 11) is -9.49. The smallest absolute Gasteiger partial charge is 0.469 e. The van der Waals surface area contributed by atoms with Crippen molar-refractivity contribution in [1.29, 1.82) is 10.5 Å². The van der Waals surface area contributed by atoms with Crippen LogP contribution in [0.3, 0.4) is 0 Å². The number of nitriles is 2. The van der Waals surface area contributed by atoms with Gasteiger partial charge in [0.2, 0.25) is 0 Å². The van der Waals surface area contributed by atoms with Gasteiger partial charge in [-0.3, -0.25) is 47.9 Å². The number of aliphatic carboxylic acids is 1. The van der Waals surface area contributed by atoms with Crippen molar-refractivity contribution < 1.29 is 135 Å². The highest BCUT2D eigenvalue weighted by Gasteiger charge is 2.74. The summed E-state index contributed by atoms with van der Waals surface area (Å²) < 4.78 is 129. The molecular weight excluding hydrogens is 1900 g/mol. The van der Waals surface area contributed by atoms with Gasteiger partial charge in [0.05, 0.1) is 75.1 Å². The fraction of sp³-hybridized carbons (Fsp3) is 0.816. The number of carbonyl (C=O) groups is 11. The molecule has 9 fully saturated rings. The number of alkyl halides is 6. The van der Waals surface area contributed by atoms with Crippen molar-refractivity contribution in [2.45, 2.75) is 428 Å². The molecule has 140 heavy (non-hydrogen) atoms. The van der Waals surface area contributed by atoms with Gasteiger partial charge in [-0.05, 0) is 299 Å². The number of amides is 2. The first-order valence-electron chi connectivity index (χ1n) is 50.2. The van der Waals surface area contributed by atoms with E-state index in [1.165, 1.54) is 38.3 Å². The normalized spacial score (nSPS) is 24.7. The third-order valence-electron chi connectivity index (χ3n) is 29.3. The Hall–Kier alpha value is -6.89. The second-order valence-corrected chi connectivity index (χ2v) is 71.6. The number of hydrogen-bond acceptors (Lipinski definition) is 24. The Kier molecular flexibility index (Phi) is 44.2. The molecule has 3 heterocycles. The van der Waals surface area contributed by atoms with Gasteiger partial charge in [0.15, 0.2) is 35.8 Å². The molecule has 1 aromatic rings. The van der Waals surface area contributed by atoms with Crippen LogP contribution in [-0.2, 0) is 108 Å². The quantitative estimate of drug-likeness (QED) is 0.0170. The van der Waals surface area contributed by atoms with Gasteiger partial charge in [0, 0.05) is 37.8 Å². The number of esters is 7. The van der Waals surface area contributed by atoms with Crippen molar-refractivity contribution >= 4 is 107 Å². The highest BCUT2D eigenvalue weighted by atomic mass is 28.5. The van der Waals surface area contributed by atoms with Gasteiger partial charge in [-0.15, -0.1) is 5.06 Å². The van der Waals surface area contributed by atoms with Gasteiger partial charge in [-0.25, -0.2) is 4.79 Å². The van der Waals surface area contributed by atoms with Crippen LogP contribution in [0.5, 0.6) is 0 Å². The number of halogens is 6. The Labute approximate surface area is 837 Å². The molecule has 2 amide bonds. The predicted octanol–water partition coefficient (Wildman–Crippen LogP) is 24.1. The molecule has 3 saturated heterocycles. The lowest BCUT2D eigenvalue weighted by atomic mass is 9.74. The molecule has 0 radical (unpaired) electrons. The van der Waals surface area contributed by atoms with E-state index in [-0.39, 0.29) is 101 Å². The second-order valence-electron chi connectivity index (χ2n) is 49.0. The zero-order valence-electron chi connectivity index (χ0n) is 91.6. The molecule has 800 valence electrons. The Balaban J connectivity index is 0.000000418. The summed E-state index contributed by atoms with van der Waals surface area (Å²) in [5.74, 6) is -4.12. The monoisotopic (exact) mass is 2070 g/mol. The fourth-order valence-electron chi connectivity index (χ4n) is 16.9. The number of nitrogens with zero attached hydrogens (tertiary/aromatic N) is 3. The molecule has 26 nitrogen and oxygen atoms in total. The largest absolute Gasteiger partial charge is 0.481 e. The van der Waals surface area contributed by atoms with E-state index in [0.717, 1.165) is 56.1 Å². The fourth-order valence-corrected chi connectivity index (χ4v) is 32.2. The molecule has 37 heteroatoms. The maximum absolute atomic E-state index is 12.4. The average Bonchev–Trinajstić information content (AvgIpc) is 1.54. The Bertz CT molecular complexity index is 4310. The minimum atomic E-state index is -5.67. The number of imide groups is 1. The Morgan fingerprint density at radius 2 is 0.793 bits per heavy atom. The van der Waals surface area contributed by atoms with Crippen LogP contribution in [0.2, 0.25) is 90.7 Å². The highest BCUT2D eigenvalue weighted by molar-refractivity contribution is 6.90. The van der Waals surface area contributed by atoms with Gasteiger partial charge >= 0.3 is 74.9 Å². The molecule has 6 aliphatic carbocycles. The number of carboxylic acids is 1. The van der Waals surface area contributed by atoms with Gasteiger partial charge in [-0.2, -0.15) is 36.9 Å². The molecule has 3 aliphatic heterocycles. The van der Waals surface area contributed by atoms with Gasteiger partial charge < -0.3 is 55.4 Å². The standard InChI is InChI=1S/C18H44O5Si4.2C15H19NO4.C15H21NO4.C14H22.C11H24O2Si.C9H12F6O2.C6H12O2/c1-13-18(2,3)17(19)20-15-14-16-27(21-24(4,5)6,22-25(7,8)9)23-26(10,11)12;2*1-4-14(2,3)12(17)19-10-8-5-9-11(10)20-13(18)15(9,6-8)7-16;1-4-15(2,3)14(19)20-16-12(17)10-8-5-6-9(7-8)11(10)13(16)18;1-6-11(2)12-7-9-13(10-8-12)14(3,4)5;1-7-11(2,3)10(12)13-8-9-14(4,5)6;1-4-7(2,3)6(16)17-5(8(10,11)12)9(13,14)15;1-4-6(2,3)5(7)8/h13-16H2,1-12H3;2*8-11H,4-6H2,1-3H3;8-11H,4-7H2,1-3H3;7-11H,6H2,1-5H3;7-9H2,1-6H3;5H,4H2,1-3H3;4H2,1-3H3,(H,7,8).